The number of pyridine rings is 1. The van der Waals surface area contributed by atoms with Gasteiger partial charge in [0.05, 0.1) is 13.2 Å². The van der Waals surface area contributed by atoms with Crippen LogP contribution in [0.15, 0.2) is 41.2 Å². The lowest BCUT2D eigenvalue weighted by Crippen LogP contribution is -2.38. The zero-order valence-electron chi connectivity index (χ0n) is 14.5. The number of nitrogens with one attached hydrogen (secondary N) is 2. The normalized spacial score (nSPS) is 15.0. The lowest BCUT2D eigenvalue weighted by Gasteiger charge is -2.26. The molecule has 1 aliphatic rings. The van der Waals surface area contributed by atoms with Crippen molar-refractivity contribution in [3.63, 3.8) is 0 Å². The van der Waals surface area contributed by atoms with Gasteiger partial charge in [-0.25, -0.2) is 4.39 Å². The van der Waals surface area contributed by atoms with Gasteiger partial charge in [-0.05, 0) is 54.9 Å². The van der Waals surface area contributed by atoms with Crippen molar-refractivity contribution in [1.29, 1.82) is 0 Å². The minimum absolute atomic E-state index is 0.0715. The molecule has 0 spiro atoms. The van der Waals surface area contributed by atoms with Gasteiger partial charge in [-0.2, -0.15) is 0 Å². The van der Waals surface area contributed by atoms with Crippen LogP contribution in [0.4, 0.5) is 4.39 Å². The Labute approximate surface area is 151 Å². The van der Waals surface area contributed by atoms with Crippen LogP contribution < -0.4 is 10.9 Å². The average Bonchev–Trinajstić information content (AvgIpc) is 2.66. The van der Waals surface area contributed by atoms with Crippen LogP contribution >= 0.6 is 0 Å². The van der Waals surface area contributed by atoms with Crippen LogP contribution in [-0.2, 0) is 4.74 Å². The summed E-state index contributed by atoms with van der Waals surface area (Å²) in [6.45, 7) is 4.74. The first-order valence-electron chi connectivity index (χ1n) is 8.71. The topological polar surface area (TPSA) is 74.4 Å². The highest BCUT2D eigenvalue weighted by atomic mass is 19.1. The quantitative estimate of drug-likeness (QED) is 0.769. The molecule has 2 N–H and O–H groups in total. The van der Waals surface area contributed by atoms with E-state index in [9.17, 15) is 14.0 Å². The molecule has 0 aliphatic carbocycles. The minimum Gasteiger partial charge on any atom is -0.379 e. The summed E-state index contributed by atoms with van der Waals surface area (Å²) < 4.78 is 18.3. The van der Waals surface area contributed by atoms with E-state index in [1.807, 2.05) is 0 Å². The molecule has 0 atom stereocenters. The molecule has 7 heteroatoms. The number of carbonyl (C=O) groups is 1. The van der Waals surface area contributed by atoms with E-state index in [2.05, 4.69) is 15.2 Å². The fourth-order valence-electron chi connectivity index (χ4n) is 2.87. The molecule has 0 bridgehead atoms. The maximum Gasteiger partial charge on any atom is 0.261 e. The molecule has 138 valence electrons. The molecule has 1 aliphatic heterocycles. The summed E-state index contributed by atoms with van der Waals surface area (Å²) in [6, 6.07) is 8.94. The van der Waals surface area contributed by atoms with E-state index in [0.717, 1.165) is 39.3 Å². The number of ether oxygens (including phenoxy) is 1. The monoisotopic (exact) mass is 359 g/mol. The summed E-state index contributed by atoms with van der Waals surface area (Å²) in [5.41, 5.74) is 0.833. The highest BCUT2D eigenvalue weighted by molar-refractivity contribution is 5.94. The van der Waals surface area contributed by atoms with Crippen LogP contribution in [0.3, 0.4) is 0 Å². The molecular weight excluding hydrogens is 337 g/mol. The van der Waals surface area contributed by atoms with Crippen LogP contribution in [0.1, 0.15) is 16.8 Å². The van der Waals surface area contributed by atoms with Gasteiger partial charge in [0.2, 0.25) is 0 Å². The molecule has 1 saturated heterocycles. The maximum atomic E-state index is 13.0. The van der Waals surface area contributed by atoms with Crippen LogP contribution in [0.2, 0.25) is 0 Å². The first kappa shape index (κ1) is 18.3. The number of halogens is 1. The lowest BCUT2D eigenvalue weighted by atomic mass is 10.1. The van der Waals surface area contributed by atoms with E-state index < -0.39 is 5.56 Å². The molecule has 1 amide bonds. The Hall–Kier alpha value is -2.51. The molecule has 1 aromatic heterocycles. The van der Waals surface area contributed by atoms with Crippen LogP contribution in [0.5, 0.6) is 0 Å². The summed E-state index contributed by atoms with van der Waals surface area (Å²) in [6.07, 6.45) is 0.817. The number of hydrogen-bond acceptors (Lipinski definition) is 4. The van der Waals surface area contributed by atoms with Gasteiger partial charge in [0.25, 0.3) is 11.5 Å². The molecule has 6 nitrogen and oxygen atoms in total. The summed E-state index contributed by atoms with van der Waals surface area (Å²) in [5, 5.41) is 2.78. The van der Waals surface area contributed by atoms with Crippen molar-refractivity contribution in [2.45, 2.75) is 6.42 Å². The van der Waals surface area contributed by atoms with E-state index in [-0.39, 0.29) is 17.3 Å². The molecule has 1 fully saturated rings. The first-order valence-corrected chi connectivity index (χ1v) is 8.71. The van der Waals surface area contributed by atoms with Gasteiger partial charge < -0.3 is 15.0 Å². The van der Waals surface area contributed by atoms with E-state index in [1.54, 1.807) is 18.2 Å². The van der Waals surface area contributed by atoms with Crippen molar-refractivity contribution < 1.29 is 13.9 Å². The first-order chi connectivity index (χ1) is 12.6. The number of aromatic amines is 1. The molecule has 26 heavy (non-hydrogen) atoms. The Morgan fingerprint density at radius 1 is 1.15 bits per heavy atom. The van der Waals surface area contributed by atoms with Crippen molar-refractivity contribution in [3.8, 4) is 11.3 Å². The van der Waals surface area contributed by atoms with Crippen LogP contribution in [0, 0.1) is 5.82 Å². The van der Waals surface area contributed by atoms with E-state index in [0.29, 0.717) is 17.8 Å². The molecule has 3 rings (SSSR count). The predicted molar refractivity (Wildman–Crippen MR) is 96.7 cm³/mol. The Kier molecular flexibility index (Phi) is 6.14. The predicted octanol–water partition coefficient (Wildman–Crippen LogP) is 1.63. The second-order valence-electron chi connectivity index (χ2n) is 6.19. The number of morpholine rings is 1. The van der Waals surface area contributed by atoms with E-state index in [1.165, 1.54) is 18.2 Å². The fraction of sp³-hybridized carbons (Fsp3) is 0.368. The summed E-state index contributed by atoms with van der Waals surface area (Å²) in [5.74, 6) is -0.733. The van der Waals surface area contributed by atoms with Crippen molar-refractivity contribution in [2.24, 2.45) is 0 Å². The summed E-state index contributed by atoms with van der Waals surface area (Å²) in [7, 11) is 0. The summed E-state index contributed by atoms with van der Waals surface area (Å²) in [4.78, 5) is 29.3. The Bertz CT molecular complexity index is 798. The second-order valence-corrected chi connectivity index (χ2v) is 6.19. The lowest BCUT2D eigenvalue weighted by molar-refractivity contribution is 0.0374. The Morgan fingerprint density at radius 3 is 2.58 bits per heavy atom. The fourth-order valence-corrected chi connectivity index (χ4v) is 2.87. The van der Waals surface area contributed by atoms with E-state index in [4.69, 9.17) is 4.74 Å². The smallest absolute Gasteiger partial charge is 0.261 e. The highest BCUT2D eigenvalue weighted by Crippen LogP contribution is 2.16. The van der Waals surface area contributed by atoms with Crippen molar-refractivity contribution in [1.82, 2.24) is 15.2 Å². The minimum atomic E-state index is -0.461. The van der Waals surface area contributed by atoms with Crippen molar-refractivity contribution in [2.75, 3.05) is 39.4 Å². The van der Waals surface area contributed by atoms with Crippen LogP contribution in [0.25, 0.3) is 11.3 Å². The number of amides is 1. The van der Waals surface area contributed by atoms with Gasteiger partial charge in [0, 0.05) is 25.3 Å². The average molecular weight is 359 g/mol. The van der Waals surface area contributed by atoms with Gasteiger partial charge in [0.15, 0.2) is 0 Å². The number of H-pyrrole nitrogens is 1. The van der Waals surface area contributed by atoms with E-state index >= 15 is 0 Å². The molecule has 0 saturated carbocycles. The molecule has 2 aromatic rings. The molecule has 2 heterocycles. The largest absolute Gasteiger partial charge is 0.379 e. The zero-order chi connectivity index (χ0) is 18.4. The second kappa shape index (κ2) is 8.73. The third-order valence-electron chi connectivity index (χ3n) is 4.35. The number of carbonyl (C=O) groups excluding carboxylic acids is 1. The van der Waals surface area contributed by atoms with Gasteiger partial charge in [-0.15, -0.1) is 0 Å². The van der Waals surface area contributed by atoms with Crippen molar-refractivity contribution >= 4 is 5.91 Å². The Morgan fingerprint density at radius 2 is 1.88 bits per heavy atom. The number of rotatable bonds is 6. The van der Waals surface area contributed by atoms with Gasteiger partial charge in [-0.1, -0.05) is 0 Å². The van der Waals surface area contributed by atoms with Gasteiger partial charge in [-0.3, -0.25) is 14.5 Å². The number of benzene rings is 1. The van der Waals surface area contributed by atoms with Crippen molar-refractivity contribution in [3.05, 3.63) is 58.1 Å². The SMILES string of the molecule is O=C(NCCCN1CCOCC1)c1ccc(-c2ccc(F)cc2)[nH]c1=O. The number of nitrogens with zero attached hydrogens (tertiary/aromatic N) is 1. The third kappa shape index (κ3) is 4.77. The highest BCUT2D eigenvalue weighted by Gasteiger charge is 2.12. The number of hydrogen-bond donors (Lipinski definition) is 2. The molecule has 0 radical (unpaired) electrons. The van der Waals surface area contributed by atoms with Gasteiger partial charge >= 0.3 is 0 Å². The molecule has 0 unspecified atom stereocenters. The standard InChI is InChI=1S/C19H22FN3O3/c20-15-4-2-14(3-5-15)17-7-6-16(19(25)22-17)18(24)21-8-1-9-23-10-12-26-13-11-23/h2-7H,1,8-13H2,(H,21,24)(H,22,25). The Balaban J connectivity index is 1.54. The van der Waals surface area contributed by atoms with Crippen LogP contribution in [-0.4, -0.2) is 55.2 Å². The molecule has 1 aromatic carbocycles. The summed E-state index contributed by atoms with van der Waals surface area (Å²) >= 11 is 0. The maximum absolute atomic E-state index is 13.0. The van der Waals surface area contributed by atoms with Gasteiger partial charge in [0.1, 0.15) is 11.4 Å². The number of aromatic nitrogens is 1. The zero-order valence-corrected chi connectivity index (χ0v) is 14.5. The third-order valence-corrected chi connectivity index (χ3v) is 4.35. The molecular formula is C19H22FN3O3.